The molecule has 1 aliphatic rings. The van der Waals surface area contributed by atoms with Gasteiger partial charge in [0.05, 0.1) is 0 Å². The van der Waals surface area contributed by atoms with Crippen LogP contribution in [0.25, 0.3) is 0 Å². The molecule has 0 aromatic rings. The molecule has 0 aliphatic carbocycles. The number of hydrogen-bond donors (Lipinski definition) is 1. The Balaban J connectivity index is 2.86. The van der Waals surface area contributed by atoms with Gasteiger partial charge in [-0.2, -0.15) is 0 Å². The molecule has 1 fully saturated rings. The number of hydrogen-bond acceptors (Lipinski definition) is 2. The van der Waals surface area contributed by atoms with Crippen LogP contribution in [0.5, 0.6) is 0 Å². The van der Waals surface area contributed by atoms with Crippen LogP contribution in [0.2, 0.25) is 0 Å². The van der Waals surface area contributed by atoms with Gasteiger partial charge in [-0.1, -0.05) is 41.0 Å². The Bertz CT molecular complexity index is 238. The highest BCUT2D eigenvalue weighted by Crippen LogP contribution is 2.34. The molecule has 1 atom stereocenters. The van der Waals surface area contributed by atoms with Crippen molar-refractivity contribution in [1.29, 1.82) is 0 Å². The number of rotatable bonds is 7. The van der Waals surface area contributed by atoms with Gasteiger partial charge in [0.2, 0.25) is 0 Å². The molecule has 1 aliphatic heterocycles. The fraction of sp³-hybridized carbons (Fsp3) is 1.00. The van der Waals surface area contributed by atoms with Crippen molar-refractivity contribution in [3.05, 3.63) is 0 Å². The van der Waals surface area contributed by atoms with Gasteiger partial charge in [0.15, 0.2) is 0 Å². The van der Waals surface area contributed by atoms with Gasteiger partial charge in [0.1, 0.15) is 0 Å². The summed E-state index contributed by atoms with van der Waals surface area (Å²) in [4.78, 5) is 2.75. The van der Waals surface area contributed by atoms with E-state index in [1.165, 1.54) is 45.2 Å². The maximum absolute atomic E-state index is 6.28. The van der Waals surface area contributed by atoms with E-state index >= 15 is 0 Å². The summed E-state index contributed by atoms with van der Waals surface area (Å²) in [6.45, 7) is 15.0. The van der Waals surface area contributed by atoms with Crippen LogP contribution in [0.15, 0.2) is 0 Å². The molecule has 2 nitrogen and oxygen atoms in total. The largest absolute Gasteiger partial charge is 0.329 e. The smallest absolute Gasteiger partial charge is 0.0336 e. The van der Waals surface area contributed by atoms with Crippen LogP contribution in [0, 0.1) is 17.8 Å². The van der Waals surface area contributed by atoms with E-state index in [9.17, 15) is 0 Å². The Kier molecular flexibility index (Phi) is 6.82. The Morgan fingerprint density at radius 2 is 1.74 bits per heavy atom. The number of likely N-dealkylation sites (tertiary alicyclic amines) is 1. The third kappa shape index (κ3) is 4.75. The second-order valence-corrected chi connectivity index (χ2v) is 7.49. The normalized spacial score (nSPS) is 22.4. The van der Waals surface area contributed by atoms with E-state index in [2.05, 4.69) is 39.5 Å². The van der Waals surface area contributed by atoms with Gasteiger partial charge in [0.25, 0.3) is 0 Å². The average Bonchev–Trinajstić information content (AvgIpc) is 2.36. The molecule has 0 aromatic heterocycles. The van der Waals surface area contributed by atoms with Gasteiger partial charge in [0, 0.05) is 18.6 Å². The van der Waals surface area contributed by atoms with Crippen molar-refractivity contribution >= 4 is 0 Å². The van der Waals surface area contributed by atoms with Gasteiger partial charge in [-0.3, -0.25) is 4.90 Å². The SMILES string of the molecule is CCC1CCCN(C(CN)(CC(C)C)CC(C)C)C1. The summed E-state index contributed by atoms with van der Waals surface area (Å²) in [5.41, 5.74) is 6.53. The van der Waals surface area contributed by atoms with Crippen molar-refractivity contribution < 1.29 is 0 Å². The van der Waals surface area contributed by atoms with Crippen LogP contribution >= 0.6 is 0 Å². The van der Waals surface area contributed by atoms with Crippen LogP contribution in [-0.2, 0) is 0 Å². The van der Waals surface area contributed by atoms with Crippen molar-refractivity contribution in [1.82, 2.24) is 4.90 Å². The highest BCUT2D eigenvalue weighted by Gasteiger charge is 2.38. The zero-order valence-corrected chi connectivity index (χ0v) is 13.9. The molecule has 19 heavy (non-hydrogen) atoms. The summed E-state index contributed by atoms with van der Waals surface area (Å²) in [6, 6.07) is 0. The van der Waals surface area contributed by atoms with Gasteiger partial charge in [-0.15, -0.1) is 0 Å². The fourth-order valence-electron chi connectivity index (χ4n) is 3.99. The molecule has 1 saturated heterocycles. The molecule has 114 valence electrons. The van der Waals surface area contributed by atoms with Crippen LogP contribution in [0.3, 0.4) is 0 Å². The second-order valence-electron chi connectivity index (χ2n) is 7.49. The first kappa shape index (κ1) is 17.0. The zero-order chi connectivity index (χ0) is 14.5. The number of nitrogens with two attached hydrogens (primary N) is 1. The van der Waals surface area contributed by atoms with E-state index in [1.54, 1.807) is 0 Å². The highest BCUT2D eigenvalue weighted by atomic mass is 15.2. The predicted molar refractivity (Wildman–Crippen MR) is 85.3 cm³/mol. The third-order valence-electron chi connectivity index (χ3n) is 4.72. The summed E-state index contributed by atoms with van der Waals surface area (Å²) in [5, 5.41) is 0. The maximum Gasteiger partial charge on any atom is 0.0336 e. The van der Waals surface area contributed by atoms with Crippen molar-refractivity contribution in [2.45, 2.75) is 72.3 Å². The molecular formula is C17H36N2. The summed E-state index contributed by atoms with van der Waals surface area (Å²) in [5.74, 6) is 2.34. The Morgan fingerprint density at radius 1 is 1.16 bits per heavy atom. The molecular weight excluding hydrogens is 232 g/mol. The minimum absolute atomic E-state index is 0.246. The summed E-state index contributed by atoms with van der Waals surface area (Å²) >= 11 is 0. The first-order valence-electron chi connectivity index (χ1n) is 8.38. The molecule has 0 bridgehead atoms. The van der Waals surface area contributed by atoms with E-state index in [1.807, 2.05) is 0 Å². The lowest BCUT2D eigenvalue weighted by molar-refractivity contribution is 0.0167. The zero-order valence-electron chi connectivity index (χ0n) is 13.9. The molecule has 1 unspecified atom stereocenters. The van der Waals surface area contributed by atoms with Crippen LogP contribution in [0.4, 0.5) is 0 Å². The standard InChI is InChI=1S/C17H36N2/c1-6-16-8-7-9-19(12-16)17(13-18,10-14(2)3)11-15(4)5/h14-16H,6-13,18H2,1-5H3. The summed E-state index contributed by atoms with van der Waals surface area (Å²) in [7, 11) is 0. The Morgan fingerprint density at radius 3 is 2.16 bits per heavy atom. The maximum atomic E-state index is 6.28. The van der Waals surface area contributed by atoms with Gasteiger partial charge >= 0.3 is 0 Å². The molecule has 2 N–H and O–H groups in total. The van der Waals surface area contributed by atoms with Crippen LogP contribution in [0.1, 0.15) is 66.7 Å². The van der Waals surface area contributed by atoms with Crippen LogP contribution < -0.4 is 5.73 Å². The van der Waals surface area contributed by atoms with Gasteiger partial charge in [-0.25, -0.2) is 0 Å². The van der Waals surface area contributed by atoms with E-state index < -0.39 is 0 Å². The average molecular weight is 268 g/mol. The van der Waals surface area contributed by atoms with Crippen molar-refractivity contribution in [3.63, 3.8) is 0 Å². The topological polar surface area (TPSA) is 29.3 Å². The van der Waals surface area contributed by atoms with Gasteiger partial charge in [-0.05, 0) is 50.0 Å². The lowest BCUT2D eigenvalue weighted by Gasteiger charge is -2.49. The van der Waals surface area contributed by atoms with Crippen LogP contribution in [-0.4, -0.2) is 30.1 Å². The molecule has 0 saturated carbocycles. The molecule has 0 radical (unpaired) electrons. The molecule has 1 heterocycles. The van der Waals surface area contributed by atoms with Crippen molar-refractivity contribution in [2.24, 2.45) is 23.5 Å². The molecule has 1 rings (SSSR count). The predicted octanol–water partition coefficient (Wildman–Crippen LogP) is 3.90. The van der Waals surface area contributed by atoms with Crippen molar-refractivity contribution in [3.8, 4) is 0 Å². The molecule has 0 amide bonds. The Labute approximate surface area is 121 Å². The lowest BCUT2D eigenvalue weighted by atomic mass is 9.78. The number of piperidine rings is 1. The molecule has 0 aromatic carbocycles. The fourth-order valence-corrected chi connectivity index (χ4v) is 3.99. The van der Waals surface area contributed by atoms with Crippen molar-refractivity contribution in [2.75, 3.05) is 19.6 Å². The first-order chi connectivity index (χ1) is 8.93. The molecule has 0 spiro atoms. The lowest BCUT2D eigenvalue weighted by Crippen LogP contribution is -2.58. The van der Waals surface area contributed by atoms with E-state index in [4.69, 9.17) is 5.73 Å². The summed E-state index contributed by atoms with van der Waals surface area (Å²) < 4.78 is 0. The van der Waals surface area contributed by atoms with E-state index in [0.717, 1.165) is 24.3 Å². The quantitative estimate of drug-likeness (QED) is 0.759. The van der Waals surface area contributed by atoms with E-state index in [-0.39, 0.29) is 5.54 Å². The minimum atomic E-state index is 0.246. The minimum Gasteiger partial charge on any atom is -0.329 e. The Hall–Kier alpha value is -0.0800. The number of nitrogens with zero attached hydrogens (tertiary/aromatic N) is 1. The first-order valence-corrected chi connectivity index (χ1v) is 8.38. The second kappa shape index (κ2) is 7.64. The van der Waals surface area contributed by atoms with E-state index in [0.29, 0.717) is 0 Å². The van der Waals surface area contributed by atoms with Gasteiger partial charge < -0.3 is 5.73 Å². The highest BCUT2D eigenvalue weighted by molar-refractivity contribution is 4.95. The third-order valence-corrected chi connectivity index (χ3v) is 4.72. The summed E-state index contributed by atoms with van der Waals surface area (Å²) in [6.07, 6.45) is 6.59. The monoisotopic (exact) mass is 268 g/mol. The molecule has 2 heteroatoms.